The van der Waals surface area contributed by atoms with E-state index >= 15 is 0 Å². The molecule has 1 aromatic rings. The molecule has 2 rings (SSSR count). The molecule has 1 aliphatic rings. The van der Waals surface area contributed by atoms with E-state index in [1.165, 1.54) is 0 Å². The maximum atomic E-state index is 11.0. The highest BCUT2D eigenvalue weighted by Gasteiger charge is 2.29. The van der Waals surface area contributed by atoms with Gasteiger partial charge in [0.15, 0.2) is 0 Å². The number of rotatable bonds is 4. The van der Waals surface area contributed by atoms with E-state index < -0.39 is 10.5 Å². The van der Waals surface area contributed by atoms with Crippen molar-refractivity contribution < 1.29 is 10.0 Å². The molecule has 1 fully saturated rings. The Bertz CT molecular complexity index is 490. The second-order valence-electron chi connectivity index (χ2n) is 5.11. The van der Waals surface area contributed by atoms with Gasteiger partial charge in [-0.2, -0.15) is 0 Å². The lowest BCUT2D eigenvalue weighted by atomic mass is 9.94. The average molecular weight is 301 g/mol. The first-order valence-electron chi connectivity index (χ1n) is 6.63. The van der Waals surface area contributed by atoms with E-state index in [1.807, 2.05) is 0 Å². The van der Waals surface area contributed by atoms with Gasteiger partial charge in [-0.15, -0.1) is 0 Å². The van der Waals surface area contributed by atoms with Crippen LogP contribution in [0, 0.1) is 10.1 Å². The van der Waals surface area contributed by atoms with Crippen molar-refractivity contribution in [2.45, 2.75) is 44.1 Å². The second kappa shape index (κ2) is 6.32. The van der Waals surface area contributed by atoms with Gasteiger partial charge in [0, 0.05) is 6.54 Å². The predicted octanol–water partition coefficient (Wildman–Crippen LogP) is 2.54. The first-order chi connectivity index (χ1) is 9.52. The summed E-state index contributed by atoms with van der Waals surface area (Å²) in [6.07, 6.45) is 6.69. The Morgan fingerprint density at radius 1 is 1.35 bits per heavy atom. The van der Waals surface area contributed by atoms with E-state index in [0.29, 0.717) is 12.8 Å². The molecule has 20 heavy (non-hydrogen) atoms. The van der Waals surface area contributed by atoms with Gasteiger partial charge in [0.1, 0.15) is 6.33 Å². The molecule has 7 nitrogen and oxygen atoms in total. The molecular weight excluding hydrogens is 284 g/mol. The van der Waals surface area contributed by atoms with Crippen molar-refractivity contribution in [1.29, 1.82) is 0 Å². The Morgan fingerprint density at radius 3 is 2.60 bits per heavy atom. The van der Waals surface area contributed by atoms with Crippen LogP contribution in [0.4, 0.5) is 11.5 Å². The highest BCUT2D eigenvalue weighted by molar-refractivity contribution is 6.31. The Kier molecular flexibility index (Phi) is 4.72. The standard InChI is InChI=1S/C12H17ClN4O3/c13-10-9(17(19)20)11(16-8-15-10)14-7-12(18)5-3-1-2-4-6-12/h8,18H,1-7H2,(H,14,15,16). The van der Waals surface area contributed by atoms with E-state index in [0.717, 1.165) is 32.0 Å². The topological polar surface area (TPSA) is 101 Å². The van der Waals surface area contributed by atoms with Crippen molar-refractivity contribution in [3.05, 3.63) is 21.6 Å². The number of aromatic nitrogens is 2. The fraction of sp³-hybridized carbons (Fsp3) is 0.667. The molecule has 8 heteroatoms. The van der Waals surface area contributed by atoms with Crippen LogP contribution >= 0.6 is 11.6 Å². The summed E-state index contributed by atoms with van der Waals surface area (Å²) in [6, 6.07) is 0. The van der Waals surface area contributed by atoms with Crippen molar-refractivity contribution >= 4 is 23.1 Å². The Labute approximate surface area is 121 Å². The van der Waals surface area contributed by atoms with Gasteiger partial charge in [-0.3, -0.25) is 10.1 Å². The Morgan fingerprint density at radius 2 is 2.00 bits per heavy atom. The molecule has 0 aliphatic heterocycles. The van der Waals surface area contributed by atoms with Crippen LogP contribution in [0.3, 0.4) is 0 Å². The first-order valence-corrected chi connectivity index (χ1v) is 7.01. The summed E-state index contributed by atoms with van der Waals surface area (Å²) >= 11 is 5.71. The molecule has 110 valence electrons. The number of nitro groups is 1. The summed E-state index contributed by atoms with van der Waals surface area (Å²) in [5.74, 6) is 0.0488. The van der Waals surface area contributed by atoms with E-state index in [1.54, 1.807) is 0 Å². The average Bonchev–Trinajstić information content (AvgIpc) is 2.61. The Hall–Kier alpha value is -1.47. The predicted molar refractivity (Wildman–Crippen MR) is 74.8 cm³/mol. The molecule has 1 aromatic heterocycles. The molecule has 0 saturated heterocycles. The van der Waals surface area contributed by atoms with E-state index in [2.05, 4.69) is 15.3 Å². The summed E-state index contributed by atoms with van der Waals surface area (Å²) in [5, 5.41) is 24.1. The highest BCUT2D eigenvalue weighted by atomic mass is 35.5. The minimum absolute atomic E-state index is 0.0488. The first kappa shape index (κ1) is 14.9. The van der Waals surface area contributed by atoms with Crippen LogP contribution in [-0.4, -0.2) is 32.1 Å². The third-order valence-electron chi connectivity index (χ3n) is 3.58. The second-order valence-corrected chi connectivity index (χ2v) is 5.47. The van der Waals surface area contributed by atoms with Gasteiger partial charge in [0.25, 0.3) is 0 Å². The molecule has 0 spiro atoms. The van der Waals surface area contributed by atoms with Crippen LogP contribution in [-0.2, 0) is 0 Å². The summed E-state index contributed by atoms with van der Waals surface area (Å²) < 4.78 is 0. The molecule has 0 unspecified atom stereocenters. The van der Waals surface area contributed by atoms with Gasteiger partial charge in [-0.05, 0) is 12.8 Å². The normalized spacial score (nSPS) is 18.3. The minimum Gasteiger partial charge on any atom is -0.388 e. The molecule has 0 atom stereocenters. The number of hydrogen-bond donors (Lipinski definition) is 2. The number of nitrogens with one attached hydrogen (secondary N) is 1. The fourth-order valence-corrected chi connectivity index (χ4v) is 2.66. The summed E-state index contributed by atoms with van der Waals surface area (Å²) in [4.78, 5) is 17.8. The zero-order valence-electron chi connectivity index (χ0n) is 11.0. The lowest BCUT2D eigenvalue weighted by molar-refractivity contribution is -0.384. The number of hydrogen-bond acceptors (Lipinski definition) is 6. The lowest BCUT2D eigenvalue weighted by Crippen LogP contribution is -2.36. The molecule has 1 heterocycles. The van der Waals surface area contributed by atoms with Crippen molar-refractivity contribution in [1.82, 2.24) is 9.97 Å². The summed E-state index contributed by atoms with van der Waals surface area (Å²) in [5.41, 5.74) is -1.20. The lowest BCUT2D eigenvalue weighted by Gasteiger charge is -2.26. The van der Waals surface area contributed by atoms with Crippen molar-refractivity contribution in [3.8, 4) is 0 Å². The fourth-order valence-electron chi connectivity index (χ4n) is 2.46. The van der Waals surface area contributed by atoms with Gasteiger partial charge in [-0.1, -0.05) is 37.3 Å². The van der Waals surface area contributed by atoms with E-state index in [9.17, 15) is 15.2 Å². The van der Waals surface area contributed by atoms with Crippen LogP contribution < -0.4 is 5.32 Å². The molecule has 2 N–H and O–H groups in total. The monoisotopic (exact) mass is 300 g/mol. The third kappa shape index (κ3) is 3.55. The van der Waals surface area contributed by atoms with E-state index in [-0.39, 0.29) is 23.2 Å². The zero-order valence-corrected chi connectivity index (χ0v) is 11.8. The van der Waals surface area contributed by atoms with Crippen LogP contribution in [0.25, 0.3) is 0 Å². The van der Waals surface area contributed by atoms with Gasteiger partial charge in [0.2, 0.25) is 11.0 Å². The van der Waals surface area contributed by atoms with Gasteiger partial charge < -0.3 is 10.4 Å². The van der Waals surface area contributed by atoms with Crippen LogP contribution in [0.2, 0.25) is 5.15 Å². The number of anilines is 1. The largest absolute Gasteiger partial charge is 0.388 e. The van der Waals surface area contributed by atoms with Gasteiger partial charge in [0.05, 0.1) is 10.5 Å². The van der Waals surface area contributed by atoms with Crippen molar-refractivity contribution in [2.75, 3.05) is 11.9 Å². The third-order valence-corrected chi connectivity index (χ3v) is 3.86. The minimum atomic E-state index is -0.845. The maximum absolute atomic E-state index is 11.0. The molecule has 1 aliphatic carbocycles. The van der Waals surface area contributed by atoms with Crippen molar-refractivity contribution in [2.24, 2.45) is 0 Å². The zero-order chi connectivity index (χ0) is 14.6. The molecule has 1 saturated carbocycles. The van der Waals surface area contributed by atoms with E-state index in [4.69, 9.17) is 11.6 Å². The van der Waals surface area contributed by atoms with Crippen LogP contribution in [0.5, 0.6) is 0 Å². The van der Waals surface area contributed by atoms with Crippen molar-refractivity contribution in [3.63, 3.8) is 0 Å². The number of aliphatic hydroxyl groups is 1. The smallest absolute Gasteiger partial charge is 0.348 e. The SMILES string of the molecule is O=[N+]([O-])c1c(Cl)ncnc1NCC1(O)CCCCCC1. The van der Waals surface area contributed by atoms with Crippen LogP contribution in [0.1, 0.15) is 38.5 Å². The Balaban J connectivity index is 2.10. The van der Waals surface area contributed by atoms with Crippen LogP contribution in [0.15, 0.2) is 6.33 Å². The number of nitrogens with zero attached hydrogens (tertiary/aromatic N) is 3. The molecule has 0 bridgehead atoms. The number of halogens is 1. The van der Waals surface area contributed by atoms with Gasteiger partial charge >= 0.3 is 5.69 Å². The molecule has 0 radical (unpaired) electrons. The highest BCUT2D eigenvalue weighted by Crippen LogP contribution is 2.31. The summed E-state index contributed by atoms with van der Waals surface area (Å²) in [7, 11) is 0. The summed E-state index contributed by atoms with van der Waals surface area (Å²) in [6.45, 7) is 0.223. The molecule has 0 amide bonds. The molecule has 0 aromatic carbocycles. The maximum Gasteiger partial charge on any atom is 0.348 e. The quantitative estimate of drug-likeness (QED) is 0.383. The molecular formula is C12H17ClN4O3. The van der Waals surface area contributed by atoms with Gasteiger partial charge in [-0.25, -0.2) is 9.97 Å².